The molecule has 0 bridgehead atoms. The summed E-state index contributed by atoms with van der Waals surface area (Å²) in [6.45, 7) is 2.03. The van der Waals surface area contributed by atoms with Gasteiger partial charge in [0.05, 0.1) is 4.90 Å². The number of carbonyl (C=O) groups excluding carboxylic acids is 1. The number of halogens is 1. The minimum absolute atomic E-state index is 0.146. The van der Waals surface area contributed by atoms with Crippen molar-refractivity contribution in [3.05, 3.63) is 60.4 Å². The Labute approximate surface area is 157 Å². The highest BCUT2D eigenvalue weighted by atomic mass is 32.2. The number of sulfonamides is 1. The summed E-state index contributed by atoms with van der Waals surface area (Å²) in [6.07, 6.45) is 0. The molecule has 2 aromatic rings. The number of nitrogens with one attached hydrogen (secondary N) is 1. The van der Waals surface area contributed by atoms with Gasteiger partial charge in [-0.25, -0.2) is 12.8 Å². The third kappa shape index (κ3) is 5.03. The van der Waals surface area contributed by atoms with E-state index in [4.69, 9.17) is 4.84 Å². The van der Waals surface area contributed by atoms with Gasteiger partial charge in [0.15, 0.2) is 0 Å². The monoisotopic (exact) mass is 393 g/mol. The highest BCUT2D eigenvalue weighted by Crippen LogP contribution is 2.15. The van der Waals surface area contributed by atoms with Gasteiger partial charge in [0.2, 0.25) is 0 Å². The summed E-state index contributed by atoms with van der Waals surface area (Å²) in [4.78, 5) is 22.6. The van der Waals surface area contributed by atoms with Crippen LogP contribution in [0.2, 0.25) is 0 Å². The highest BCUT2D eigenvalue weighted by molar-refractivity contribution is 7.89. The van der Waals surface area contributed by atoms with Crippen LogP contribution in [-0.2, 0) is 19.7 Å². The van der Waals surface area contributed by atoms with E-state index in [2.05, 4.69) is 4.90 Å². The van der Waals surface area contributed by atoms with Gasteiger partial charge in [0, 0.05) is 31.9 Å². The Balaban J connectivity index is 1.45. The van der Waals surface area contributed by atoms with E-state index in [0.717, 1.165) is 30.0 Å². The zero-order valence-electron chi connectivity index (χ0n) is 14.5. The van der Waals surface area contributed by atoms with Crippen molar-refractivity contribution in [2.45, 2.75) is 4.90 Å². The molecule has 1 saturated heterocycles. The van der Waals surface area contributed by atoms with E-state index in [0.29, 0.717) is 26.2 Å². The van der Waals surface area contributed by atoms with E-state index in [1.54, 1.807) is 4.90 Å². The molecule has 1 amide bonds. The number of benzene rings is 2. The summed E-state index contributed by atoms with van der Waals surface area (Å²) in [7, 11) is -3.97. The van der Waals surface area contributed by atoms with Crippen molar-refractivity contribution in [2.24, 2.45) is 0 Å². The van der Waals surface area contributed by atoms with Crippen molar-refractivity contribution in [1.29, 1.82) is 0 Å². The second kappa shape index (κ2) is 8.47. The zero-order chi connectivity index (χ0) is 19.3. The second-order valence-corrected chi connectivity index (χ2v) is 7.68. The van der Waals surface area contributed by atoms with Gasteiger partial charge >= 0.3 is 0 Å². The molecule has 0 radical (unpaired) electrons. The molecule has 1 N–H and O–H groups in total. The van der Waals surface area contributed by atoms with Crippen LogP contribution in [-0.4, -0.2) is 52.0 Å². The molecular formula is C18H20FN3O4S. The van der Waals surface area contributed by atoms with Crippen molar-refractivity contribution >= 4 is 21.6 Å². The summed E-state index contributed by atoms with van der Waals surface area (Å²) in [5.41, 5.74) is 1.10. The van der Waals surface area contributed by atoms with Crippen LogP contribution < -0.4 is 9.79 Å². The normalized spacial score (nSPS) is 15.0. The van der Waals surface area contributed by atoms with Crippen LogP contribution in [0.1, 0.15) is 0 Å². The number of piperazine rings is 1. The predicted molar refractivity (Wildman–Crippen MR) is 97.9 cm³/mol. The number of nitrogens with zero attached hydrogens (tertiary/aromatic N) is 2. The first-order valence-electron chi connectivity index (χ1n) is 8.43. The average molecular weight is 393 g/mol. The van der Waals surface area contributed by atoms with Crippen LogP contribution in [0.15, 0.2) is 59.5 Å². The summed E-state index contributed by atoms with van der Waals surface area (Å²) in [5.74, 6) is -0.843. The lowest BCUT2D eigenvalue weighted by Gasteiger charge is -2.36. The molecule has 0 aliphatic carbocycles. The summed E-state index contributed by atoms with van der Waals surface area (Å²) in [5, 5.41) is 0. The fourth-order valence-electron chi connectivity index (χ4n) is 2.77. The van der Waals surface area contributed by atoms with Crippen molar-refractivity contribution in [3.8, 4) is 0 Å². The van der Waals surface area contributed by atoms with E-state index < -0.39 is 22.4 Å². The lowest BCUT2D eigenvalue weighted by atomic mass is 10.2. The van der Waals surface area contributed by atoms with E-state index in [1.165, 1.54) is 0 Å². The third-order valence-corrected chi connectivity index (χ3v) is 5.47. The maximum absolute atomic E-state index is 12.9. The Morgan fingerprint density at radius 1 is 1.00 bits per heavy atom. The number of carbonyl (C=O) groups is 1. The van der Waals surface area contributed by atoms with Gasteiger partial charge in [0.25, 0.3) is 15.9 Å². The molecule has 1 aliphatic rings. The van der Waals surface area contributed by atoms with Crippen LogP contribution >= 0.6 is 0 Å². The number of rotatable bonds is 6. The minimum atomic E-state index is -3.97. The molecule has 7 nitrogen and oxygen atoms in total. The Hall–Kier alpha value is -2.49. The van der Waals surface area contributed by atoms with Gasteiger partial charge in [-0.3, -0.25) is 9.63 Å². The molecule has 1 fully saturated rings. The topological polar surface area (TPSA) is 78.9 Å². The summed E-state index contributed by atoms with van der Waals surface area (Å²) in [6, 6.07) is 14.2. The SMILES string of the molecule is O=C(CONS(=O)(=O)c1ccc(F)cc1)N1CCN(c2ccccc2)CC1. The number of para-hydroxylation sites is 1. The molecule has 27 heavy (non-hydrogen) atoms. The van der Waals surface area contributed by atoms with Crippen molar-refractivity contribution in [1.82, 2.24) is 9.79 Å². The first kappa shape index (κ1) is 19.3. The van der Waals surface area contributed by atoms with Crippen LogP contribution in [0.4, 0.5) is 10.1 Å². The summed E-state index contributed by atoms with van der Waals surface area (Å²) >= 11 is 0. The minimum Gasteiger partial charge on any atom is -0.368 e. The van der Waals surface area contributed by atoms with Gasteiger partial charge in [-0.15, -0.1) is 0 Å². The second-order valence-electron chi connectivity index (χ2n) is 6.03. The molecule has 144 valence electrons. The maximum Gasteiger partial charge on any atom is 0.262 e. The average Bonchev–Trinajstić information content (AvgIpc) is 2.69. The van der Waals surface area contributed by atoms with Crippen molar-refractivity contribution in [2.75, 3.05) is 37.7 Å². The summed E-state index contributed by atoms with van der Waals surface area (Å²) < 4.78 is 36.9. The van der Waals surface area contributed by atoms with Gasteiger partial charge in [0.1, 0.15) is 12.4 Å². The van der Waals surface area contributed by atoms with E-state index >= 15 is 0 Å². The van der Waals surface area contributed by atoms with Gasteiger partial charge in [-0.1, -0.05) is 23.1 Å². The Morgan fingerprint density at radius 2 is 1.63 bits per heavy atom. The van der Waals surface area contributed by atoms with E-state index in [1.807, 2.05) is 35.2 Å². The lowest BCUT2D eigenvalue weighted by molar-refractivity contribution is -0.137. The molecule has 0 spiro atoms. The molecule has 3 rings (SSSR count). The number of amides is 1. The van der Waals surface area contributed by atoms with E-state index in [-0.39, 0.29) is 10.8 Å². The quantitative estimate of drug-likeness (QED) is 0.751. The molecule has 2 aromatic carbocycles. The van der Waals surface area contributed by atoms with E-state index in [9.17, 15) is 17.6 Å². The van der Waals surface area contributed by atoms with Gasteiger partial charge in [-0.05, 0) is 36.4 Å². The first-order valence-corrected chi connectivity index (χ1v) is 9.91. The molecule has 0 saturated carbocycles. The number of hydrogen-bond donors (Lipinski definition) is 1. The molecular weight excluding hydrogens is 373 g/mol. The van der Waals surface area contributed by atoms with Crippen molar-refractivity contribution < 1.29 is 22.4 Å². The van der Waals surface area contributed by atoms with Crippen LogP contribution in [0.5, 0.6) is 0 Å². The standard InChI is InChI=1S/C18H20FN3O4S/c19-15-6-8-17(9-7-15)27(24,25)20-26-14-18(23)22-12-10-21(11-13-22)16-4-2-1-3-5-16/h1-9,20H,10-14H2. The van der Waals surface area contributed by atoms with Gasteiger partial charge in [-0.2, -0.15) is 0 Å². The smallest absolute Gasteiger partial charge is 0.262 e. The highest BCUT2D eigenvalue weighted by Gasteiger charge is 2.22. The fourth-order valence-corrected chi connectivity index (χ4v) is 3.58. The molecule has 0 atom stereocenters. The molecule has 1 aliphatic heterocycles. The Kier molecular flexibility index (Phi) is 6.04. The van der Waals surface area contributed by atoms with Crippen LogP contribution in [0.25, 0.3) is 0 Å². The van der Waals surface area contributed by atoms with Gasteiger partial charge < -0.3 is 9.80 Å². The molecule has 0 aromatic heterocycles. The van der Waals surface area contributed by atoms with Crippen LogP contribution in [0, 0.1) is 5.82 Å². The first-order chi connectivity index (χ1) is 13.0. The zero-order valence-corrected chi connectivity index (χ0v) is 15.4. The number of anilines is 1. The molecule has 0 unspecified atom stereocenters. The predicted octanol–water partition coefficient (Wildman–Crippen LogP) is 1.38. The lowest BCUT2D eigenvalue weighted by Crippen LogP contribution is -2.50. The Morgan fingerprint density at radius 3 is 2.26 bits per heavy atom. The maximum atomic E-state index is 12.9. The molecule has 9 heteroatoms. The van der Waals surface area contributed by atoms with Crippen LogP contribution in [0.3, 0.4) is 0 Å². The largest absolute Gasteiger partial charge is 0.368 e. The fraction of sp³-hybridized carbons (Fsp3) is 0.278. The number of hydrogen-bond acceptors (Lipinski definition) is 5. The molecule has 1 heterocycles. The Bertz CT molecular complexity index is 867. The van der Waals surface area contributed by atoms with Crippen molar-refractivity contribution in [3.63, 3.8) is 0 Å². The third-order valence-electron chi connectivity index (χ3n) is 4.24.